The fourth-order valence-electron chi connectivity index (χ4n) is 1.83. The van der Waals surface area contributed by atoms with Crippen LogP contribution in [0.5, 0.6) is 0 Å². The van der Waals surface area contributed by atoms with Crippen molar-refractivity contribution >= 4 is 0 Å². The maximum absolute atomic E-state index is 11.0. The zero-order valence-electron chi connectivity index (χ0n) is 6.97. The van der Waals surface area contributed by atoms with E-state index in [4.69, 9.17) is 0 Å². The molecule has 2 nitrogen and oxygen atoms in total. The van der Waals surface area contributed by atoms with Crippen molar-refractivity contribution in [3.8, 4) is 0 Å². The Morgan fingerprint density at radius 1 is 1.40 bits per heavy atom. The maximum atomic E-state index is 11.0. The van der Waals surface area contributed by atoms with Gasteiger partial charge >= 0.3 is 0 Å². The predicted octanol–water partition coefficient (Wildman–Crippen LogP) is -0.0244. The lowest BCUT2D eigenvalue weighted by Crippen LogP contribution is -2.47. The lowest BCUT2D eigenvalue weighted by atomic mass is 10.3. The molecular formula is C8H17NO. The summed E-state index contributed by atoms with van der Waals surface area (Å²) >= 11 is 0. The van der Waals surface area contributed by atoms with E-state index in [-0.39, 0.29) is 6.10 Å². The highest BCUT2D eigenvalue weighted by Crippen LogP contribution is 2.16. The molecule has 10 heavy (non-hydrogen) atoms. The molecule has 2 heteroatoms. The summed E-state index contributed by atoms with van der Waals surface area (Å²) < 4.78 is 1.06. The molecule has 0 N–H and O–H groups in total. The molecule has 1 saturated heterocycles. The largest absolute Gasteiger partial charge is 0.848 e. The fraction of sp³-hybridized carbons (Fsp3) is 1.00. The van der Waals surface area contributed by atoms with Crippen molar-refractivity contribution < 1.29 is 9.59 Å². The van der Waals surface area contributed by atoms with Crippen molar-refractivity contribution in [2.75, 3.05) is 26.2 Å². The van der Waals surface area contributed by atoms with E-state index in [1.165, 1.54) is 0 Å². The first-order chi connectivity index (χ1) is 4.72. The summed E-state index contributed by atoms with van der Waals surface area (Å²) in [6, 6.07) is 0. The van der Waals surface area contributed by atoms with Gasteiger partial charge in [0, 0.05) is 0 Å². The third-order valence-electron chi connectivity index (χ3n) is 2.86. The third kappa shape index (κ3) is 1.32. The first-order valence-corrected chi connectivity index (χ1v) is 4.23. The van der Waals surface area contributed by atoms with Crippen LogP contribution in [0, 0.1) is 0 Å². The fourth-order valence-corrected chi connectivity index (χ4v) is 1.83. The molecule has 1 fully saturated rings. The number of quaternary nitrogens is 1. The first-order valence-electron chi connectivity index (χ1n) is 4.23. The molecular weight excluding hydrogens is 126 g/mol. The second-order valence-electron chi connectivity index (χ2n) is 3.29. The van der Waals surface area contributed by atoms with Gasteiger partial charge in [0.1, 0.15) is 0 Å². The highest BCUT2D eigenvalue weighted by molar-refractivity contribution is 4.61. The van der Waals surface area contributed by atoms with E-state index in [9.17, 15) is 5.11 Å². The zero-order chi connectivity index (χ0) is 7.61. The van der Waals surface area contributed by atoms with E-state index in [0.29, 0.717) is 0 Å². The van der Waals surface area contributed by atoms with Gasteiger partial charge in [0.15, 0.2) is 0 Å². The number of nitrogens with zero attached hydrogens (tertiary/aromatic N) is 1. The van der Waals surface area contributed by atoms with Crippen LogP contribution in [-0.4, -0.2) is 36.8 Å². The topological polar surface area (TPSA) is 23.1 Å². The summed E-state index contributed by atoms with van der Waals surface area (Å²) in [5.41, 5.74) is 0. The molecule has 1 unspecified atom stereocenters. The highest BCUT2D eigenvalue weighted by Gasteiger charge is 2.29. The smallest absolute Gasteiger partial charge is 0.0777 e. The SMILES string of the molecule is CC[N+]1(CC)CCC([O-])C1. The van der Waals surface area contributed by atoms with Gasteiger partial charge in [0.05, 0.1) is 26.2 Å². The quantitative estimate of drug-likeness (QED) is 0.498. The summed E-state index contributed by atoms with van der Waals surface area (Å²) in [4.78, 5) is 0. The minimum absolute atomic E-state index is 0.278. The zero-order valence-corrected chi connectivity index (χ0v) is 6.97. The molecule has 1 aliphatic rings. The van der Waals surface area contributed by atoms with Gasteiger partial charge in [-0.05, 0) is 20.3 Å². The minimum atomic E-state index is -0.278. The van der Waals surface area contributed by atoms with E-state index >= 15 is 0 Å². The molecule has 0 aliphatic carbocycles. The standard InChI is InChI=1S/C8H17NO/c1-3-9(4-2)6-5-8(10)7-9/h8H,3-7H2,1-2H3. The Morgan fingerprint density at radius 3 is 2.20 bits per heavy atom. The number of likely N-dealkylation sites (N-methyl/N-ethyl adjacent to an activating group) is 1. The first kappa shape index (κ1) is 8.02. The molecule has 0 aromatic carbocycles. The van der Waals surface area contributed by atoms with Gasteiger partial charge in [-0.3, -0.25) is 0 Å². The Morgan fingerprint density at radius 2 is 2.00 bits per heavy atom. The van der Waals surface area contributed by atoms with Gasteiger partial charge in [0.2, 0.25) is 0 Å². The normalized spacial score (nSPS) is 30.9. The lowest BCUT2D eigenvalue weighted by molar-refractivity contribution is -0.917. The minimum Gasteiger partial charge on any atom is -0.848 e. The maximum Gasteiger partial charge on any atom is 0.0777 e. The summed E-state index contributed by atoms with van der Waals surface area (Å²) in [6.07, 6.45) is 0.613. The molecule has 0 saturated carbocycles. The molecule has 0 spiro atoms. The van der Waals surface area contributed by atoms with Gasteiger partial charge in [-0.1, -0.05) is 6.10 Å². The lowest BCUT2D eigenvalue weighted by Gasteiger charge is -2.33. The van der Waals surface area contributed by atoms with Gasteiger partial charge < -0.3 is 9.59 Å². The molecule has 60 valence electrons. The molecule has 0 radical (unpaired) electrons. The van der Waals surface area contributed by atoms with Crippen molar-refractivity contribution in [1.29, 1.82) is 0 Å². The molecule has 1 heterocycles. The van der Waals surface area contributed by atoms with Crippen LogP contribution in [-0.2, 0) is 0 Å². The van der Waals surface area contributed by atoms with Crippen molar-refractivity contribution in [1.82, 2.24) is 0 Å². The molecule has 1 rings (SSSR count). The number of likely N-dealkylation sites (tertiary alicyclic amines) is 1. The molecule has 0 amide bonds. The number of hydrogen-bond donors (Lipinski definition) is 0. The summed E-state index contributed by atoms with van der Waals surface area (Å²) in [6.45, 7) is 8.61. The highest BCUT2D eigenvalue weighted by atomic mass is 16.3. The van der Waals surface area contributed by atoms with Crippen LogP contribution < -0.4 is 5.11 Å². The Kier molecular flexibility index (Phi) is 2.32. The van der Waals surface area contributed by atoms with E-state index < -0.39 is 0 Å². The van der Waals surface area contributed by atoms with Crippen LogP contribution in [0.2, 0.25) is 0 Å². The number of hydrogen-bond acceptors (Lipinski definition) is 1. The van der Waals surface area contributed by atoms with Crippen LogP contribution in [0.15, 0.2) is 0 Å². The molecule has 0 aromatic rings. The van der Waals surface area contributed by atoms with Gasteiger partial charge in [-0.2, -0.15) is 0 Å². The van der Waals surface area contributed by atoms with Crippen LogP contribution in [0.4, 0.5) is 0 Å². The third-order valence-corrected chi connectivity index (χ3v) is 2.86. The summed E-state index contributed by atoms with van der Waals surface area (Å²) in [7, 11) is 0. The Labute approximate surface area is 63.1 Å². The van der Waals surface area contributed by atoms with Crippen molar-refractivity contribution in [3.63, 3.8) is 0 Å². The van der Waals surface area contributed by atoms with Crippen molar-refractivity contribution in [2.45, 2.75) is 26.4 Å². The second kappa shape index (κ2) is 2.89. The molecule has 0 aromatic heterocycles. The van der Waals surface area contributed by atoms with Gasteiger partial charge in [-0.25, -0.2) is 0 Å². The number of rotatable bonds is 2. The average molecular weight is 143 g/mol. The summed E-state index contributed by atoms with van der Waals surface area (Å²) in [5, 5.41) is 11.0. The van der Waals surface area contributed by atoms with Gasteiger partial charge in [0.25, 0.3) is 0 Å². The Bertz CT molecular complexity index is 110. The van der Waals surface area contributed by atoms with E-state index in [2.05, 4.69) is 13.8 Å². The van der Waals surface area contributed by atoms with Crippen LogP contribution in [0.25, 0.3) is 0 Å². The van der Waals surface area contributed by atoms with Crippen molar-refractivity contribution in [2.24, 2.45) is 0 Å². The predicted molar refractivity (Wildman–Crippen MR) is 39.5 cm³/mol. The van der Waals surface area contributed by atoms with Crippen LogP contribution in [0.3, 0.4) is 0 Å². The van der Waals surface area contributed by atoms with E-state index in [1.54, 1.807) is 0 Å². The van der Waals surface area contributed by atoms with Crippen LogP contribution >= 0.6 is 0 Å². The second-order valence-corrected chi connectivity index (χ2v) is 3.29. The van der Waals surface area contributed by atoms with Gasteiger partial charge in [-0.15, -0.1) is 0 Å². The monoisotopic (exact) mass is 143 g/mol. The van der Waals surface area contributed by atoms with E-state index in [0.717, 1.165) is 37.1 Å². The van der Waals surface area contributed by atoms with Crippen molar-refractivity contribution in [3.05, 3.63) is 0 Å². The van der Waals surface area contributed by atoms with Crippen LogP contribution in [0.1, 0.15) is 20.3 Å². The van der Waals surface area contributed by atoms with E-state index in [1.807, 2.05) is 0 Å². The molecule has 1 aliphatic heterocycles. The summed E-state index contributed by atoms with van der Waals surface area (Å²) in [5.74, 6) is 0. The Hall–Kier alpha value is -0.0800. The molecule has 0 bridgehead atoms. The Balaban J connectivity index is 2.51. The average Bonchev–Trinajstić information content (AvgIpc) is 2.33. The molecule has 1 atom stereocenters.